The van der Waals surface area contributed by atoms with E-state index in [1.807, 2.05) is 24.3 Å². The third-order valence-corrected chi connectivity index (χ3v) is 3.88. The molecule has 6 heteroatoms. The van der Waals surface area contributed by atoms with Crippen LogP contribution >= 0.6 is 11.3 Å². The highest BCUT2D eigenvalue weighted by Gasteiger charge is 2.12. The molecule has 0 saturated heterocycles. The first-order valence-electron chi connectivity index (χ1n) is 6.15. The molecule has 1 atom stereocenters. The third-order valence-electron chi connectivity index (χ3n) is 2.89. The van der Waals surface area contributed by atoms with E-state index in [-0.39, 0.29) is 6.04 Å². The predicted octanol–water partition coefficient (Wildman–Crippen LogP) is 2.92. The van der Waals surface area contributed by atoms with Crippen LogP contribution in [0.2, 0.25) is 0 Å². The summed E-state index contributed by atoms with van der Waals surface area (Å²) in [5.41, 5.74) is 4.65. The molecular weight excluding hydrogens is 258 g/mol. The van der Waals surface area contributed by atoms with Gasteiger partial charge in [-0.2, -0.15) is 4.98 Å². The predicted molar refractivity (Wildman–Crippen MR) is 80.4 cm³/mol. The van der Waals surface area contributed by atoms with E-state index in [2.05, 4.69) is 47.5 Å². The Bertz CT molecular complexity index is 578. The second kappa shape index (κ2) is 5.54. The topological polar surface area (TPSA) is 75.9 Å². The van der Waals surface area contributed by atoms with Crippen molar-refractivity contribution in [3.63, 3.8) is 0 Å². The summed E-state index contributed by atoms with van der Waals surface area (Å²) < 4.78 is 0. The second-order valence-corrected chi connectivity index (χ2v) is 6.06. The average Bonchev–Trinajstić information content (AvgIpc) is 2.67. The molecule has 19 heavy (non-hydrogen) atoms. The fraction of sp³-hybridized carbons (Fsp3) is 0.385. The molecule has 2 heterocycles. The van der Waals surface area contributed by atoms with Crippen LogP contribution in [0.15, 0.2) is 12.1 Å². The molecule has 0 bridgehead atoms. The van der Waals surface area contributed by atoms with Crippen LogP contribution < -0.4 is 16.6 Å². The van der Waals surface area contributed by atoms with Crippen molar-refractivity contribution in [2.75, 3.05) is 10.7 Å². The smallest absolute Gasteiger partial charge is 0.239 e. The summed E-state index contributed by atoms with van der Waals surface area (Å²) in [6.07, 6.45) is 0. The van der Waals surface area contributed by atoms with Gasteiger partial charge in [-0.1, -0.05) is 0 Å². The van der Waals surface area contributed by atoms with Crippen LogP contribution in [-0.2, 0) is 0 Å². The lowest BCUT2D eigenvalue weighted by atomic mass is 10.1. The summed E-state index contributed by atoms with van der Waals surface area (Å²) in [6.45, 7) is 8.31. The standard InChI is InChI=1S/C13H19N5S/c1-7-5-12(17-13(15-7)18-14)16-9(3)11-6-8(2)19-10(11)4/h5-6,9H,14H2,1-4H3,(H2,15,16,17,18). The zero-order valence-electron chi connectivity index (χ0n) is 11.6. The van der Waals surface area contributed by atoms with E-state index in [1.165, 1.54) is 15.3 Å². The van der Waals surface area contributed by atoms with Crippen LogP contribution in [-0.4, -0.2) is 9.97 Å². The summed E-state index contributed by atoms with van der Waals surface area (Å²) in [6, 6.07) is 4.32. The Balaban J connectivity index is 2.21. The molecule has 0 aliphatic heterocycles. The van der Waals surface area contributed by atoms with E-state index in [0.717, 1.165) is 11.5 Å². The van der Waals surface area contributed by atoms with E-state index < -0.39 is 0 Å². The van der Waals surface area contributed by atoms with Crippen molar-refractivity contribution >= 4 is 23.1 Å². The van der Waals surface area contributed by atoms with Crippen molar-refractivity contribution in [3.8, 4) is 0 Å². The molecule has 5 nitrogen and oxygen atoms in total. The Hall–Kier alpha value is -1.66. The van der Waals surface area contributed by atoms with Gasteiger partial charge in [-0.25, -0.2) is 10.8 Å². The normalized spacial score (nSPS) is 12.3. The minimum absolute atomic E-state index is 0.199. The van der Waals surface area contributed by atoms with Crippen LogP contribution in [0.1, 0.15) is 34.0 Å². The van der Waals surface area contributed by atoms with Crippen LogP contribution in [0.4, 0.5) is 11.8 Å². The quantitative estimate of drug-likeness (QED) is 0.592. The summed E-state index contributed by atoms with van der Waals surface area (Å²) in [7, 11) is 0. The summed E-state index contributed by atoms with van der Waals surface area (Å²) >= 11 is 1.81. The SMILES string of the molecule is Cc1cc(NC(C)c2cc(C)sc2C)nc(NN)n1. The molecule has 0 saturated carbocycles. The Labute approximate surface area is 117 Å². The second-order valence-electron chi connectivity index (χ2n) is 4.60. The van der Waals surface area contributed by atoms with E-state index in [1.54, 1.807) is 0 Å². The van der Waals surface area contributed by atoms with Crippen molar-refractivity contribution < 1.29 is 0 Å². The minimum Gasteiger partial charge on any atom is -0.363 e. The lowest BCUT2D eigenvalue weighted by Gasteiger charge is -2.15. The Kier molecular flexibility index (Phi) is 4.01. The molecule has 0 amide bonds. The van der Waals surface area contributed by atoms with Gasteiger partial charge >= 0.3 is 0 Å². The third kappa shape index (κ3) is 3.21. The number of nitrogens with two attached hydrogens (primary N) is 1. The number of hydrogen-bond donors (Lipinski definition) is 3. The number of nitrogens with zero attached hydrogens (tertiary/aromatic N) is 2. The molecule has 2 aromatic rings. The van der Waals surface area contributed by atoms with E-state index >= 15 is 0 Å². The first-order chi connectivity index (χ1) is 8.99. The first kappa shape index (κ1) is 13.8. The van der Waals surface area contributed by atoms with Crippen molar-refractivity contribution in [2.45, 2.75) is 33.7 Å². The molecule has 2 rings (SSSR count). The minimum atomic E-state index is 0.199. The Morgan fingerprint density at radius 2 is 1.95 bits per heavy atom. The largest absolute Gasteiger partial charge is 0.363 e. The van der Waals surface area contributed by atoms with Crippen molar-refractivity contribution in [2.24, 2.45) is 5.84 Å². The van der Waals surface area contributed by atoms with Gasteiger partial charge in [0.1, 0.15) is 5.82 Å². The van der Waals surface area contributed by atoms with Crippen molar-refractivity contribution in [3.05, 3.63) is 33.1 Å². The van der Waals surface area contributed by atoms with E-state index in [9.17, 15) is 0 Å². The van der Waals surface area contributed by atoms with Gasteiger partial charge in [0.25, 0.3) is 0 Å². The fourth-order valence-corrected chi connectivity index (χ4v) is 3.11. The average molecular weight is 277 g/mol. The maximum atomic E-state index is 5.36. The van der Waals surface area contributed by atoms with Gasteiger partial charge in [0.2, 0.25) is 5.95 Å². The summed E-state index contributed by atoms with van der Waals surface area (Å²) in [5.74, 6) is 6.55. The lowest BCUT2D eigenvalue weighted by Crippen LogP contribution is -2.14. The molecule has 0 spiro atoms. The van der Waals surface area contributed by atoms with E-state index in [0.29, 0.717) is 5.95 Å². The van der Waals surface area contributed by atoms with Crippen molar-refractivity contribution in [1.29, 1.82) is 0 Å². The van der Waals surface area contributed by atoms with E-state index in [4.69, 9.17) is 5.84 Å². The number of rotatable bonds is 4. The van der Waals surface area contributed by atoms with Gasteiger partial charge in [-0.3, -0.25) is 5.43 Å². The molecule has 0 fully saturated rings. The molecular formula is C13H19N5S. The van der Waals surface area contributed by atoms with Gasteiger partial charge in [-0.15, -0.1) is 11.3 Å². The summed E-state index contributed by atoms with van der Waals surface area (Å²) in [5, 5.41) is 3.39. The number of aryl methyl sites for hydroxylation is 3. The molecule has 0 radical (unpaired) electrons. The lowest BCUT2D eigenvalue weighted by molar-refractivity contribution is 0.867. The number of nitrogens with one attached hydrogen (secondary N) is 2. The zero-order valence-corrected chi connectivity index (χ0v) is 12.4. The number of thiophene rings is 1. The van der Waals surface area contributed by atoms with Crippen LogP contribution in [0, 0.1) is 20.8 Å². The molecule has 1 unspecified atom stereocenters. The number of hydrazine groups is 1. The van der Waals surface area contributed by atoms with Gasteiger partial charge in [0.15, 0.2) is 0 Å². The van der Waals surface area contributed by atoms with Gasteiger partial charge in [-0.05, 0) is 39.3 Å². The van der Waals surface area contributed by atoms with Crippen LogP contribution in [0.5, 0.6) is 0 Å². The number of aromatic nitrogens is 2. The molecule has 0 aliphatic carbocycles. The van der Waals surface area contributed by atoms with Crippen LogP contribution in [0.25, 0.3) is 0 Å². The number of anilines is 2. The zero-order chi connectivity index (χ0) is 14.0. The summed E-state index contributed by atoms with van der Waals surface area (Å²) in [4.78, 5) is 11.1. The first-order valence-corrected chi connectivity index (χ1v) is 6.97. The highest BCUT2D eigenvalue weighted by Crippen LogP contribution is 2.28. The maximum Gasteiger partial charge on any atom is 0.239 e. The van der Waals surface area contributed by atoms with Gasteiger partial charge < -0.3 is 5.32 Å². The highest BCUT2D eigenvalue weighted by molar-refractivity contribution is 7.12. The number of nitrogen functional groups attached to an aromatic ring is 1. The number of hydrogen-bond acceptors (Lipinski definition) is 6. The highest BCUT2D eigenvalue weighted by atomic mass is 32.1. The van der Waals surface area contributed by atoms with Crippen LogP contribution in [0.3, 0.4) is 0 Å². The Morgan fingerprint density at radius 1 is 1.21 bits per heavy atom. The van der Waals surface area contributed by atoms with Gasteiger partial charge in [0.05, 0.1) is 6.04 Å². The maximum absolute atomic E-state index is 5.36. The molecule has 102 valence electrons. The Morgan fingerprint density at radius 3 is 2.53 bits per heavy atom. The fourth-order valence-electron chi connectivity index (χ4n) is 2.09. The monoisotopic (exact) mass is 277 g/mol. The van der Waals surface area contributed by atoms with Crippen molar-refractivity contribution in [1.82, 2.24) is 9.97 Å². The van der Waals surface area contributed by atoms with Gasteiger partial charge in [0, 0.05) is 21.5 Å². The molecule has 0 aromatic carbocycles. The molecule has 0 aliphatic rings. The molecule has 4 N–H and O–H groups in total. The molecule has 2 aromatic heterocycles.